The molecular weight excluding hydrogens is 370 g/mol. The zero-order valence-electron chi connectivity index (χ0n) is 16.7. The summed E-state index contributed by atoms with van der Waals surface area (Å²) in [6.45, 7) is 5.36. The predicted molar refractivity (Wildman–Crippen MR) is 111 cm³/mol. The van der Waals surface area contributed by atoms with E-state index in [-0.39, 0.29) is 12.7 Å². The van der Waals surface area contributed by atoms with Crippen LogP contribution in [0.1, 0.15) is 30.7 Å². The maximum atomic E-state index is 12.2. The van der Waals surface area contributed by atoms with Crippen molar-refractivity contribution in [3.8, 4) is 11.5 Å². The Morgan fingerprint density at radius 2 is 1.90 bits per heavy atom. The summed E-state index contributed by atoms with van der Waals surface area (Å²) >= 11 is 0. The summed E-state index contributed by atoms with van der Waals surface area (Å²) < 4.78 is 10.6. The van der Waals surface area contributed by atoms with Gasteiger partial charge in [-0.2, -0.15) is 0 Å². The molecule has 4 rings (SSSR count). The summed E-state index contributed by atoms with van der Waals surface area (Å²) in [6, 6.07) is 7.57. The molecule has 8 heteroatoms. The molecule has 1 amide bonds. The highest BCUT2D eigenvalue weighted by molar-refractivity contribution is 5.78. The van der Waals surface area contributed by atoms with E-state index in [1.807, 2.05) is 31.2 Å². The first-order valence-electron chi connectivity index (χ1n) is 10.2. The molecule has 1 fully saturated rings. The molecule has 3 heterocycles. The van der Waals surface area contributed by atoms with Crippen LogP contribution < -0.4 is 25.0 Å². The number of aryl methyl sites for hydroxylation is 1. The zero-order valence-corrected chi connectivity index (χ0v) is 16.7. The van der Waals surface area contributed by atoms with Crippen molar-refractivity contribution in [2.75, 3.05) is 43.2 Å². The minimum absolute atomic E-state index is 0.0291. The van der Waals surface area contributed by atoms with Crippen LogP contribution in [-0.2, 0) is 11.2 Å². The van der Waals surface area contributed by atoms with Crippen molar-refractivity contribution in [1.29, 1.82) is 0 Å². The fourth-order valence-corrected chi connectivity index (χ4v) is 3.62. The van der Waals surface area contributed by atoms with Gasteiger partial charge in [0.15, 0.2) is 11.5 Å². The topological polar surface area (TPSA) is 88.6 Å². The van der Waals surface area contributed by atoms with Gasteiger partial charge in [-0.3, -0.25) is 4.79 Å². The molecule has 2 aliphatic heterocycles. The zero-order chi connectivity index (χ0) is 20.1. The highest BCUT2D eigenvalue weighted by atomic mass is 16.7. The Kier molecular flexibility index (Phi) is 5.97. The summed E-state index contributed by atoms with van der Waals surface area (Å²) in [7, 11) is 0. The molecule has 1 aromatic carbocycles. The molecule has 2 aromatic rings. The number of hydrogen-bond acceptors (Lipinski definition) is 7. The SMILES string of the molecule is Cc1nc(NCCNC(=O)Cc2ccc3c(c2)OCO3)cc(N2CCCCC2)n1. The van der Waals surface area contributed by atoms with Crippen molar-refractivity contribution in [2.24, 2.45) is 0 Å². The number of carbonyl (C=O) groups is 1. The molecule has 0 unspecified atom stereocenters. The van der Waals surface area contributed by atoms with Crippen LogP contribution in [0.5, 0.6) is 11.5 Å². The molecule has 0 saturated carbocycles. The number of fused-ring (bicyclic) bond motifs is 1. The number of benzene rings is 1. The van der Waals surface area contributed by atoms with Gasteiger partial charge in [0.2, 0.25) is 12.7 Å². The monoisotopic (exact) mass is 397 g/mol. The number of piperidine rings is 1. The first kappa shape index (κ1) is 19.3. The molecule has 0 aliphatic carbocycles. The number of nitrogens with one attached hydrogen (secondary N) is 2. The van der Waals surface area contributed by atoms with Gasteiger partial charge in [-0.25, -0.2) is 9.97 Å². The van der Waals surface area contributed by atoms with Crippen molar-refractivity contribution in [2.45, 2.75) is 32.6 Å². The van der Waals surface area contributed by atoms with E-state index in [0.29, 0.717) is 25.3 Å². The lowest BCUT2D eigenvalue weighted by Gasteiger charge is -2.28. The molecule has 1 saturated heterocycles. The van der Waals surface area contributed by atoms with E-state index in [1.165, 1.54) is 19.3 Å². The van der Waals surface area contributed by atoms with E-state index in [9.17, 15) is 4.79 Å². The van der Waals surface area contributed by atoms with Crippen LogP contribution in [0, 0.1) is 6.92 Å². The van der Waals surface area contributed by atoms with Gasteiger partial charge >= 0.3 is 0 Å². The number of rotatable bonds is 7. The molecular formula is C21H27N5O3. The standard InChI is InChI=1S/C21H27N5O3/c1-15-24-19(13-20(25-15)26-9-3-2-4-10-26)22-7-8-23-21(27)12-16-5-6-17-18(11-16)29-14-28-17/h5-6,11,13H,2-4,7-10,12,14H2,1H3,(H,23,27)(H,22,24,25). The first-order valence-corrected chi connectivity index (χ1v) is 10.2. The van der Waals surface area contributed by atoms with Gasteiger partial charge in [0, 0.05) is 32.2 Å². The van der Waals surface area contributed by atoms with Crippen LogP contribution in [0.15, 0.2) is 24.3 Å². The lowest BCUT2D eigenvalue weighted by atomic mass is 10.1. The van der Waals surface area contributed by atoms with E-state index in [2.05, 4.69) is 25.5 Å². The second-order valence-electron chi connectivity index (χ2n) is 7.35. The van der Waals surface area contributed by atoms with Crippen LogP contribution >= 0.6 is 0 Å². The number of ether oxygens (including phenoxy) is 2. The summed E-state index contributed by atoms with van der Waals surface area (Å²) in [5, 5.41) is 6.22. The van der Waals surface area contributed by atoms with Gasteiger partial charge in [0.25, 0.3) is 0 Å². The van der Waals surface area contributed by atoms with Crippen molar-refractivity contribution >= 4 is 17.5 Å². The van der Waals surface area contributed by atoms with Crippen molar-refractivity contribution in [1.82, 2.24) is 15.3 Å². The van der Waals surface area contributed by atoms with E-state index < -0.39 is 0 Å². The molecule has 0 radical (unpaired) electrons. The molecule has 29 heavy (non-hydrogen) atoms. The van der Waals surface area contributed by atoms with Gasteiger partial charge in [-0.05, 0) is 43.9 Å². The fourth-order valence-electron chi connectivity index (χ4n) is 3.62. The van der Waals surface area contributed by atoms with E-state index in [1.54, 1.807) is 0 Å². The molecule has 154 valence electrons. The Bertz CT molecular complexity index is 867. The molecule has 1 aromatic heterocycles. The van der Waals surface area contributed by atoms with Gasteiger partial charge in [0.05, 0.1) is 6.42 Å². The summed E-state index contributed by atoms with van der Waals surface area (Å²) in [5.74, 6) is 3.92. The predicted octanol–water partition coefficient (Wildman–Crippen LogP) is 2.27. The Labute approximate surface area is 170 Å². The summed E-state index contributed by atoms with van der Waals surface area (Å²) in [4.78, 5) is 23.5. The second-order valence-corrected chi connectivity index (χ2v) is 7.35. The molecule has 0 bridgehead atoms. The van der Waals surface area contributed by atoms with Crippen LogP contribution in [0.2, 0.25) is 0 Å². The number of anilines is 2. The van der Waals surface area contributed by atoms with Gasteiger partial charge < -0.3 is 25.0 Å². The third-order valence-corrected chi connectivity index (χ3v) is 5.06. The molecule has 8 nitrogen and oxygen atoms in total. The van der Waals surface area contributed by atoms with Crippen LogP contribution in [0.25, 0.3) is 0 Å². The number of nitrogens with zero attached hydrogens (tertiary/aromatic N) is 3. The Balaban J connectivity index is 1.24. The smallest absolute Gasteiger partial charge is 0.231 e. The second kappa shape index (κ2) is 8.98. The molecule has 0 spiro atoms. The quantitative estimate of drug-likeness (QED) is 0.693. The molecule has 2 N–H and O–H groups in total. The molecule has 0 atom stereocenters. The Morgan fingerprint density at radius 3 is 2.76 bits per heavy atom. The summed E-state index contributed by atoms with van der Waals surface area (Å²) in [5.41, 5.74) is 0.900. The third kappa shape index (κ3) is 5.07. The third-order valence-electron chi connectivity index (χ3n) is 5.06. The van der Waals surface area contributed by atoms with Crippen molar-refractivity contribution < 1.29 is 14.3 Å². The lowest BCUT2D eigenvalue weighted by Crippen LogP contribution is -2.31. The van der Waals surface area contributed by atoms with Gasteiger partial charge in [-0.15, -0.1) is 0 Å². The normalized spacial score (nSPS) is 15.3. The highest BCUT2D eigenvalue weighted by Crippen LogP contribution is 2.32. The van der Waals surface area contributed by atoms with Gasteiger partial charge in [-0.1, -0.05) is 6.07 Å². The molecule has 2 aliphatic rings. The largest absolute Gasteiger partial charge is 0.454 e. The number of aromatic nitrogens is 2. The number of carbonyl (C=O) groups excluding carboxylic acids is 1. The average Bonchev–Trinajstić information content (AvgIpc) is 3.19. The minimum Gasteiger partial charge on any atom is -0.454 e. The fraction of sp³-hybridized carbons (Fsp3) is 0.476. The maximum Gasteiger partial charge on any atom is 0.231 e. The number of amides is 1. The van der Waals surface area contributed by atoms with Crippen LogP contribution in [0.4, 0.5) is 11.6 Å². The average molecular weight is 397 g/mol. The highest BCUT2D eigenvalue weighted by Gasteiger charge is 2.15. The van der Waals surface area contributed by atoms with Crippen LogP contribution in [0.3, 0.4) is 0 Å². The van der Waals surface area contributed by atoms with Crippen molar-refractivity contribution in [3.63, 3.8) is 0 Å². The minimum atomic E-state index is -0.0291. The Hall–Kier alpha value is -3.03. The van der Waals surface area contributed by atoms with E-state index in [4.69, 9.17) is 9.47 Å². The van der Waals surface area contributed by atoms with E-state index in [0.717, 1.165) is 41.9 Å². The maximum absolute atomic E-state index is 12.2. The summed E-state index contributed by atoms with van der Waals surface area (Å²) in [6.07, 6.45) is 4.02. The van der Waals surface area contributed by atoms with Crippen molar-refractivity contribution in [3.05, 3.63) is 35.7 Å². The van der Waals surface area contributed by atoms with Gasteiger partial charge in [0.1, 0.15) is 17.5 Å². The first-order chi connectivity index (χ1) is 14.2. The lowest BCUT2D eigenvalue weighted by molar-refractivity contribution is -0.120. The number of hydrogen-bond donors (Lipinski definition) is 2. The Morgan fingerprint density at radius 1 is 1.07 bits per heavy atom. The van der Waals surface area contributed by atoms with E-state index >= 15 is 0 Å². The van der Waals surface area contributed by atoms with Crippen LogP contribution in [-0.4, -0.2) is 48.8 Å².